The number of aromatic nitrogens is 2. The third-order valence-corrected chi connectivity index (χ3v) is 7.35. The molecule has 0 saturated carbocycles. The van der Waals surface area contributed by atoms with Gasteiger partial charge in [0.1, 0.15) is 5.75 Å². The van der Waals surface area contributed by atoms with Crippen LogP contribution in [-0.4, -0.2) is 59.5 Å². The third kappa shape index (κ3) is 5.41. The number of likely N-dealkylation sites (tertiary alicyclic amines) is 1. The van der Waals surface area contributed by atoms with Gasteiger partial charge in [0.05, 0.1) is 19.7 Å². The van der Waals surface area contributed by atoms with Crippen LogP contribution in [0.3, 0.4) is 0 Å². The van der Waals surface area contributed by atoms with Gasteiger partial charge >= 0.3 is 6.01 Å². The number of amides is 1. The lowest BCUT2D eigenvalue weighted by molar-refractivity contribution is -0.148. The fourth-order valence-electron chi connectivity index (χ4n) is 4.97. The molecule has 35 heavy (non-hydrogen) atoms. The van der Waals surface area contributed by atoms with E-state index in [0.29, 0.717) is 31.6 Å². The van der Waals surface area contributed by atoms with Gasteiger partial charge in [0.25, 0.3) is 0 Å². The van der Waals surface area contributed by atoms with Gasteiger partial charge in [-0.2, -0.15) is 4.98 Å². The Labute approximate surface area is 206 Å². The first kappa shape index (κ1) is 23.6. The fourth-order valence-corrected chi connectivity index (χ4v) is 4.97. The van der Waals surface area contributed by atoms with Gasteiger partial charge in [-0.3, -0.25) is 9.59 Å². The maximum atomic E-state index is 12.4. The summed E-state index contributed by atoms with van der Waals surface area (Å²) in [4.78, 5) is 32.0. The van der Waals surface area contributed by atoms with Crippen molar-refractivity contribution in [2.75, 3.05) is 37.7 Å². The zero-order valence-electron chi connectivity index (χ0n) is 20.6. The predicted molar refractivity (Wildman–Crippen MR) is 132 cm³/mol. The number of ether oxygens (including phenoxy) is 1. The number of nitrogens with zero attached hydrogens (tertiary/aromatic N) is 4. The van der Waals surface area contributed by atoms with Crippen LogP contribution in [0.4, 0.5) is 6.01 Å². The number of piperidine rings is 1. The van der Waals surface area contributed by atoms with E-state index in [1.807, 2.05) is 12.1 Å². The topological polar surface area (TPSA) is 88.8 Å². The largest absolute Gasteiger partial charge is 0.493 e. The Hall–Kier alpha value is -3.16. The van der Waals surface area contributed by atoms with E-state index in [4.69, 9.17) is 9.26 Å². The maximum absolute atomic E-state index is 12.4. The Kier molecular flexibility index (Phi) is 6.88. The van der Waals surface area contributed by atoms with E-state index in [-0.39, 0.29) is 23.5 Å². The number of benzene rings is 1. The Morgan fingerprint density at radius 1 is 1.14 bits per heavy atom. The van der Waals surface area contributed by atoms with E-state index in [1.165, 1.54) is 11.1 Å². The number of rotatable bonds is 7. The van der Waals surface area contributed by atoms with Crippen LogP contribution in [-0.2, 0) is 9.59 Å². The van der Waals surface area contributed by atoms with E-state index in [1.54, 1.807) is 4.90 Å². The molecule has 2 aliphatic heterocycles. The number of hydrogen-bond acceptors (Lipinski definition) is 7. The molecular weight excluding hydrogens is 444 g/mol. The lowest BCUT2D eigenvalue weighted by Gasteiger charge is -2.33. The van der Waals surface area contributed by atoms with Crippen LogP contribution in [0.2, 0.25) is 0 Å². The van der Waals surface area contributed by atoms with Gasteiger partial charge in [0.2, 0.25) is 5.91 Å². The molecule has 2 aromatic rings. The van der Waals surface area contributed by atoms with Crippen molar-refractivity contribution in [2.24, 2.45) is 11.8 Å². The standard InChI is InChI=1S/C27H34N4O4/c1-18(2)25-28-27(35-29-25)30-13-11-19(12-14-30)17-34-24-9-7-21(8-10-24)20-3-5-22(6-4-20)26(33)31-15-23(32)16-31/h3,7-10,18-19,22H,4-6,11-17H2,1-2H3. The summed E-state index contributed by atoms with van der Waals surface area (Å²) in [6.45, 7) is 7.23. The second-order valence-corrected chi connectivity index (χ2v) is 10.3. The van der Waals surface area contributed by atoms with Crippen LogP contribution in [0.25, 0.3) is 5.57 Å². The smallest absolute Gasteiger partial charge is 0.324 e. The fraction of sp³-hybridized carbons (Fsp3) is 0.556. The van der Waals surface area contributed by atoms with Crippen LogP contribution in [0.5, 0.6) is 5.75 Å². The second-order valence-electron chi connectivity index (χ2n) is 10.3. The Balaban J connectivity index is 1.06. The van der Waals surface area contributed by atoms with Crippen LogP contribution < -0.4 is 9.64 Å². The minimum absolute atomic E-state index is 0.0120. The van der Waals surface area contributed by atoms with E-state index in [0.717, 1.165) is 56.8 Å². The number of hydrogen-bond donors (Lipinski definition) is 0. The van der Waals surface area contributed by atoms with Crippen molar-refractivity contribution in [1.29, 1.82) is 0 Å². The molecular formula is C27H34N4O4. The van der Waals surface area contributed by atoms with Gasteiger partial charge in [-0.05, 0) is 61.3 Å². The molecule has 0 bridgehead atoms. The summed E-state index contributed by atoms with van der Waals surface area (Å²) in [6.07, 6.45) is 6.74. The molecule has 0 spiro atoms. The van der Waals surface area contributed by atoms with Crippen molar-refractivity contribution >= 4 is 23.3 Å². The summed E-state index contributed by atoms with van der Waals surface area (Å²) in [6, 6.07) is 8.94. The van der Waals surface area contributed by atoms with Crippen LogP contribution in [0.15, 0.2) is 34.9 Å². The Morgan fingerprint density at radius 3 is 2.49 bits per heavy atom. The number of ketones is 1. The summed E-state index contributed by atoms with van der Waals surface area (Å²) in [5.74, 6) is 2.73. The zero-order valence-corrected chi connectivity index (χ0v) is 20.6. The summed E-state index contributed by atoms with van der Waals surface area (Å²) >= 11 is 0. The van der Waals surface area contributed by atoms with Gasteiger partial charge in [-0.15, -0.1) is 0 Å². The number of allylic oxidation sites excluding steroid dienone is 2. The van der Waals surface area contributed by atoms with Gasteiger partial charge in [-0.25, -0.2) is 0 Å². The molecule has 1 aromatic carbocycles. The average molecular weight is 479 g/mol. The maximum Gasteiger partial charge on any atom is 0.324 e. The highest BCUT2D eigenvalue weighted by Gasteiger charge is 2.33. The third-order valence-electron chi connectivity index (χ3n) is 7.35. The van der Waals surface area contributed by atoms with Crippen molar-refractivity contribution < 1.29 is 18.8 Å². The van der Waals surface area contributed by atoms with Gasteiger partial charge < -0.3 is 19.1 Å². The van der Waals surface area contributed by atoms with Gasteiger partial charge in [-0.1, -0.05) is 37.2 Å². The number of anilines is 1. The minimum atomic E-state index is 0.0120. The van der Waals surface area contributed by atoms with Crippen LogP contribution in [0, 0.1) is 11.8 Å². The number of carbonyl (C=O) groups is 2. The highest BCUT2D eigenvalue weighted by Crippen LogP contribution is 2.33. The molecule has 8 heteroatoms. The van der Waals surface area contributed by atoms with Crippen molar-refractivity contribution in [1.82, 2.24) is 15.0 Å². The summed E-state index contributed by atoms with van der Waals surface area (Å²) in [5, 5.41) is 4.07. The molecule has 3 heterocycles. The molecule has 5 rings (SSSR count). The van der Waals surface area contributed by atoms with E-state index < -0.39 is 0 Å². The van der Waals surface area contributed by atoms with Crippen LogP contribution >= 0.6 is 0 Å². The molecule has 2 saturated heterocycles. The molecule has 1 unspecified atom stereocenters. The van der Waals surface area contributed by atoms with E-state index in [2.05, 4.69) is 47.1 Å². The molecule has 2 fully saturated rings. The van der Waals surface area contributed by atoms with Crippen molar-refractivity contribution in [2.45, 2.75) is 51.9 Å². The zero-order chi connectivity index (χ0) is 24.4. The van der Waals surface area contributed by atoms with Gasteiger partial charge in [0, 0.05) is 24.9 Å². The first-order chi connectivity index (χ1) is 17.0. The molecule has 1 atom stereocenters. The Morgan fingerprint density at radius 2 is 1.89 bits per heavy atom. The lowest BCUT2D eigenvalue weighted by atomic mass is 9.85. The minimum Gasteiger partial charge on any atom is -0.493 e. The first-order valence-corrected chi connectivity index (χ1v) is 12.8. The molecule has 0 radical (unpaired) electrons. The van der Waals surface area contributed by atoms with Crippen molar-refractivity contribution in [3.8, 4) is 5.75 Å². The quantitative estimate of drug-likeness (QED) is 0.592. The summed E-state index contributed by atoms with van der Waals surface area (Å²) < 4.78 is 11.5. The monoisotopic (exact) mass is 478 g/mol. The SMILES string of the molecule is CC(C)c1noc(N2CCC(COc3ccc(C4=CCC(C(=O)N5CC(=O)C5)CC4)cc3)CC2)n1. The first-order valence-electron chi connectivity index (χ1n) is 12.8. The molecule has 1 aliphatic carbocycles. The molecule has 8 nitrogen and oxygen atoms in total. The van der Waals surface area contributed by atoms with Crippen LogP contribution in [0.1, 0.15) is 63.3 Å². The van der Waals surface area contributed by atoms with E-state index >= 15 is 0 Å². The van der Waals surface area contributed by atoms with E-state index in [9.17, 15) is 9.59 Å². The molecule has 0 N–H and O–H groups in total. The second kappa shape index (κ2) is 10.2. The molecule has 186 valence electrons. The normalized spacial score (nSPS) is 21.2. The molecule has 3 aliphatic rings. The van der Waals surface area contributed by atoms with Crippen molar-refractivity contribution in [3.05, 3.63) is 41.7 Å². The van der Waals surface area contributed by atoms with Crippen molar-refractivity contribution in [3.63, 3.8) is 0 Å². The summed E-state index contributed by atoms with van der Waals surface area (Å²) in [5.41, 5.74) is 2.48. The number of Topliss-reactive ketones (excluding diaryl/α,β-unsaturated/α-hetero) is 1. The highest BCUT2D eigenvalue weighted by molar-refractivity contribution is 5.97. The van der Waals surface area contributed by atoms with Gasteiger partial charge in [0.15, 0.2) is 11.6 Å². The Bertz CT molecular complexity index is 1070. The average Bonchev–Trinajstić information content (AvgIpc) is 3.37. The predicted octanol–water partition coefficient (Wildman–Crippen LogP) is 4.08. The molecule has 1 aromatic heterocycles. The highest BCUT2D eigenvalue weighted by atomic mass is 16.5. The lowest BCUT2D eigenvalue weighted by Crippen LogP contribution is -2.52. The number of carbonyl (C=O) groups excluding carboxylic acids is 2. The molecule has 1 amide bonds. The summed E-state index contributed by atoms with van der Waals surface area (Å²) in [7, 11) is 0.